The zero-order valence-electron chi connectivity index (χ0n) is 13.2. The quantitative estimate of drug-likeness (QED) is 0.635. The highest BCUT2D eigenvalue weighted by Crippen LogP contribution is 2.67. The number of rotatable bonds is 4. The van der Waals surface area contributed by atoms with Crippen molar-refractivity contribution in [2.24, 2.45) is 11.3 Å². The Labute approximate surface area is 122 Å². The van der Waals surface area contributed by atoms with E-state index in [1.54, 1.807) is 7.11 Å². The van der Waals surface area contributed by atoms with Gasteiger partial charge in [0.1, 0.15) is 0 Å². The van der Waals surface area contributed by atoms with Crippen LogP contribution in [-0.2, 0) is 9.47 Å². The number of hydrogen-bond acceptors (Lipinski definition) is 3. The van der Waals surface area contributed by atoms with Gasteiger partial charge < -0.3 is 14.6 Å². The Morgan fingerprint density at radius 3 is 2.60 bits per heavy atom. The molecule has 0 aromatic carbocycles. The molecule has 2 aliphatic carbocycles. The highest BCUT2D eigenvalue weighted by Gasteiger charge is 2.70. The van der Waals surface area contributed by atoms with Gasteiger partial charge in [-0.15, -0.1) is 0 Å². The van der Waals surface area contributed by atoms with Crippen molar-refractivity contribution < 1.29 is 14.6 Å². The number of aliphatic hydroxyl groups is 1. The van der Waals surface area contributed by atoms with E-state index in [1.165, 1.54) is 18.4 Å². The van der Waals surface area contributed by atoms with Gasteiger partial charge in [-0.3, -0.25) is 0 Å². The van der Waals surface area contributed by atoms with Crippen molar-refractivity contribution in [3.8, 4) is 0 Å². The molecular formula is C17H28O3. The molecule has 3 fully saturated rings. The minimum absolute atomic E-state index is 0.0621. The lowest BCUT2D eigenvalue weighted by Crippen LogP contribution is -2.51. The zero-order chi connectivity index (χ0) is 14.5. The average Bonchev–Trinajstić information content (AvgIpc) is 3.29. The summed E-state index contributed by atoms with van der Waals surface area (Å²) in [6, 6.07) is 0. The van der Waals surface area contributed by atoms with Crippen molar-refractivity contribution >= 4 is 0 Å². The Kier molecular flexibility index (Phi) is 3.51. The summed E-state index contributed by atoms with van der Waals surface area (Å²) in [6.45, 7) is 6.49. The number of ether oxygens (including phenoxy) is 2. The molecule has 0 radical (unpaired) electrons. The van der Waals surface area contributed by atoms with Gasteiger partial charge in [0.2, 0.25) is 0 Å². The van der Waals surface area contributed by atoms with Crippen LogP contribution in [0.3, 0.4) is 0 Å². The van der Waals surface area contributed by atoms with Gasteiger partial charge in [-0.2, -0.15) is 0 Å². The number of allylic oxidation sites excluding steroid dienone is 1. The summed E-state index contributed by atoms with van der Waals surface area (Å²) in [5.74, 6) is 0.347. The van der Waals surface area contributed by atoms with Crippen LogP contribution in [0.5, 0.6) is 0 Å². The first kappa shape index (κ1) is 14.6. The summed E-state index contributed by atoms with van der Waals surface area (Å²) in [5.41, 5.74) is 1.62. The third-order valence-corrected chi connectivity index (χ3v) is 5.81. The Morgan fingerprint density at radius 2 is 2.05 bits per heavy atom. The average molecular weight is 280 g/mol. The van der Waals surface area contributed by atoms with Gasteiger partial charge in [-0.1, -0.05) is 11.6 Å². The van der Waals surface area contributed by atoms with Crippen LogP contribution in [0.1, 0.15) is 52.9 Å². The summed E-state index contributed by atoms with van der Waals surface area (Å²) < 4.78 is 11.8. The summed E-state index contributed by atoms with van der Waals surface area (Å²) in [5, 5.41) is 10.3. The molecule has 0 bridgehead atoms. The van der Waals surface area contributed by atoms with E-state index in [4.69, 9.17) is 9.47 Å². The number of epoxide rings is 1. The van der Waals surface area contributed by atoms with Crippen molar-refractivity contribution in [2.45, 2.75) is 76.8 Å². The monoisotopic (exact) mass is 280 g/mol. The van der Waals surface area contributed by atoms with E-state index >= 15 is 0 Å². The SMILES string of the molecule is CO[C@@H]1C(O)CCC2(CC2)[C@H]1[C@@]1(C)O[C@@H]1CC=C(C)C. The molecule has 1 heterocycles. The van der Waals surface area contributed by atoms with Crippen LogP contribution in [0.15, 0.2) is 11.6 Å². The van der Waals surface area contributed by atoms with Crippen molar-refractivity contribution in [3.63, 3.8) is 0 Å². The minimum atomic E-state index is -0.332. The van der Waals surface area contributed by atoms with Crippen LogP contribution in [0, 0.1) is 11.3 Å². The number of hydrogen-bond donors (Lipinski definition) is 1. The molecule has 3 heteroatoms. The zero-order valence-corrected chi connectivity index (χ0v) is 13.2. The second-order valence-electron chi connectivity index (χ2n) is 7.45. The van der Waals surface area contributed by atoms with Crippen LogP contribution in [0.25, 0.3) is 0 Å². The predicted octanol–water partition coefficient (Wildman–Crippen LogP) is 3.07. The number of aliphatic hydroxyl groups excluding tert-OH is 1. The molecule has 3 nitrogen and oxygen atoms in total. The lowest BCUT2D eigenvalue weighted by Gasteiger charge is -2.43. The third kappa shape index (κ3) is 2.24. The van der Waals surface area contributed by atoms with Crippen molar-refractivity contribution in [3.05, 3.63) is 11.6 Å². The summed E-state index contributed by atoms with van der Waals surface area (Å²) in [7, 11) is 1.74. The first-order valence-corrected chi connectivity index (χ1v) is 7.95. The van der Waals surface area contributed by atoms with Gasteiger partial charge in [-0.25, -0.2) is 0 Å². The van der Waals surface area contributed by atoms with E-state index in [9.17, 15) is 5.11 Å². The first-order chi connectivity index (χ1) is 9.43. The van der Waals surface area contributed by atoms with E-state index in [0.717, 1.165) is 19.3 Å². The minimum Gasteiger partial charge on any atom is -0.390 e. The van der Waals surface area contributed by atoms with Gasteiger partial charge in [0.05, 0.1) is 23.9 Å². The normalized spacial score (nSPS) is 45.2. The van der Waals surface area contributed by atoms with E-state index in [1.807, 2.05) is 0 Å². The van der Waals surface area contributed by atoms with Gasteiger partial charge in [0.25, 0.3) is 0 Å². The highest BCUT2D eigenvalue weighted by atomic mass is 16.6. The van der Waals surface area contributed by atoms with Crippen LogP contribution in [-0.4, -0.2) is 36.1 Å². The second kappa shape index (κ2) is 4.82. The molecule has 114 valence electrons. The van der Waals surface area contributed by atoms with Crippen LogP contribution >= 0.6 is 0 Å². The fourth-order valence-corrected chi connectivity index (χ4v) is 4.45. The van der Waals surface area contributed by atoms with Gasteiger partial charge >= 0.3 is 0 Å². The molecule has 20 heavy (non-hydrogen) atoms. The maximum Gasteiger partial charge on any atom is 0.0982 e. The second-order valence-corrected chi connectivity index (χ2v) is 7.45. The molecule has 3 aliphatic rings. The molecule has 1 spiro atoms. The molecule has 0 aromatic heterocycles. The summed E-state index contributed by atoms with van der Waals surface area (Å²) in [6.07, 6.45) is 7.71. The van der Waals surface area contributed by atoms with E-state index in [0.29, 0.717) is 17.4 Å². The van der Waals surface area contributed by atoms with Gasteiger partial charge in [0, 0.05) is 13.0 Å². The Hall–Kier alpha value is -0.380. The standard InChI is InChI=1S/C17H28O3/c1-11(2)5-6-13-16(3,20-13)15-14(19-4)12(18)7-8-17(15)9-10-17/h5,12-15,18H,6-10H2,1-4H3/t12?,13-,14-,15-,16+/m1/s1. The lowest BCUT2D eigenvalue weighted by molar-refractivity contribution is -0.116. The highest BCUT2D eigenvalue weighted by molar-refractivity contribution is 5.19. The molecule has 0 amide bonds. The lowest BCUT2D eigenvalue weighted by atomic mass is 9.66. The number of methoxy groups -OCH3 is 1. The van der Waals surface area contributed by atoms with Crippen LogP contribution in [0.4, 0.5) is 0 Å². The molecule has 1 aliphatic heterocycles. The van der Waals surface area contributed by atoms with Gasteiger partial charge in [-0.05, 0) is 58.3 Å². The molecule has 1 unspecified atom stereocenters. The van der Waals surface area contributed by atoms with E-state index in [2.05, 4.69) is 26.8 Å². The van der Waals surface area contributed by atoms with E-state index < -0.39 is 0 Å². The van der Waals surface area contributed by atoms with Gasteiger partial charge in [0.15, 0.2) is 0 Å². The maximum atomic E-state index is 10.3. The Balaban J connectivity index is 1.78. The molecule has 5 atom stereocenters. The molecule has 0 aromatic rings. The van der Waals surface area contributed by atoms with Crippen LogP contribution < -0.4 is 0 Å². The third-order valence-electron chi connectivity index (χ3n) is 5.81. The molecular weight excluding hydrogens is 252 g/mol. The van der Waals surface area contributed by atoms with Crippen molar-refractivity contribution in [1.29, 1.82) is 0 Å². The maximum absolute atomic E-state index is 10.3. The largest absolute Gasteiger partial charge is 0.390 e. The Morgan fingerprint density at radius 1 is 1.35 bits per heavy atom. The molecule has 1 N–H and O–H groups in total. The van der Waals surface area contributed by atoms with Crippen LogP contribution in [0.2, 0.25) is 0 Å². The summed E-state index contributed by atoms with van der Waals surface area (Å²) >= 11 is 0. The van der Waals surface area contributed by atoms with E-state index in [-0.39, 0.29) is 17.8 Å². The fourth-order valence-electron chi connectivity index (χ4n) is 4.45. The molecule has 2 saturated carbocycles. The predicted molar refractivity (Wildman–Crippen MR) is 78.5 cm³/mol. The topological polar surface area (TPSA) is 42.0 Å². The Bertz CT molecular complexity index is 408. The molecule has 1 saturated heterocycles. The fraction of sp³-hybridized carbons (Fsp3) is 0.882. The van der Waals surface area contributed by atoms with Crippen molar-refractivity contribution in [2.75, 3.05) is 7.11 Å². The summed E-state index contributed by atoms with van der Waals surface area (Å²) in [4.78, 5) is 0. The first-order valence-electron chi connectivity index (χ1n) is 7.95. The van der Waals surface area contributed by atoms with Crippen molar-refractivity contribution in [1.82, 2.24) is 0 Å². The molecule has 3 rings (SSSR count). The smallest absolute Gasteiger partial charge is 0.0982 e.